The van der Waals surface area contributed by atoms with Gasteiger partial charge in [0.1, 0.15) is 5.82 Å². The number of nitrogens with one attached hydrogen (secondary N) is 1. The summed E-state index contributed by atoms with van der Waals surface area (Å²) in [6.45, 7) is 1.54. The van der Waals surface area contributed by atoms with Crippen LogP contribution in [0.1, 0.15) is 6.42 Å². The van der Waals surface area contributed by atoms with Gasteiger partial charge in [0.15, 0.2) is 11.6 Å². The van der Waals surface area contributed by atoms with E-state index in [0.717, 1.165) is 18.5 Å². The molecule has 2 aromatic rings. The lowest BCUT2D eigenvalue weighted by atomic mass is 10.2. The number of halogens is 1. The summed E-state index contributed by atoms with van der Waals surface area (Å²) in [6, 6.07) is 6.08. The summed E-state index contributed by atoms with van der Waals surface area (Å²) in [6.07, 6.45) is 4.19. The van der Waals surface area contributed by atoms with E-state index in [0.29, 0.717) is 18.2 Å². The fourth-order valence-corrected chi connectivity index (χ4v) is 1.58. The zero-order chi connectivity index (χ0) is 13.5. The first-order valence-corrected chi connectivity index (χ1v) is 6.15. The SMILES string of the molecule is CNCCCOc1cnc(-c2ccc(F)cc2)nc1. The number of benzene rings is 1. The fourth-order valence-electron chi connectivity index (χ4n) is 1.58. The van der Waals surface area contributed by atoms with Gasteiger partial charge >= 0.3 is 0 Å². The molecular formula is C14H16FN3O. The zero-order valence-corrected chi connectivity index (χ0v) is 10.8. The van der Waals surface area contributed by atoms with Crippen molar-refractivity contribution in [3.8, 4) is 17.1 Å². The van der Waals surface area contributed by atoms with Crippen molar-refractivity contribution in [1.82, 2.24) is 15.3 Å². The Morgan fingerprint density at radius 2 is 1.84 bits per heavy atom. The summed E-state index contributed by atoms with van der Waals surface area (Å²) in [5, 5.41) is 3.05. The Balaban J connectivity index is 1.96. The van der Waals surface area contributed by atoms with E-state index in [9.17, 15) is 4.39 Å². The molecular weight excluding hydrogens is 245 g/mol. The molecule has 0 unspecified atom stereocenters. The molecule has 100 valence electrons. The van der Waals surface area contributed by atoms with Crippen molar-refractivity contribution in [1.29, 1.82) is 0 Å². The molecule has 1 N–H and O–H groups in total. The van der Waals surface area contributed by atoms with Crippen LogP contribution in [-0.4, -0.2) is 30.2 Å². The monoisotopic (exact) mass is 261 g/mol. The fraction of sp³-hybridized carbons (Fsp3) is 0.286. The predicted octanol–water partition coefficient (Wildman–Crippen LogP) is 2.27. The van der Waals surface area contributed by atoms with E-state index in [2.05, 4.69) is 15.3 Å². The average molecular weight is 261 g/mol. The highest BCUT2D eigenvalue weighted by atomic mass is 19.1. The van der Waals surface area contributed by atoms with E-state index in [1.54, 1.807) is 24.5 Å². The van der Waals surface area contributed by atoms with E-state index in [1.807, 2.05) is 7.05 Å². The molecule has 0 aliphatic heterocycles. The smallest absolute Gasteiger partial charge is 0.159 e. The van der Waals surface area contributed by atoms with Gasteiger partial charge in [-0.05, 0) is 44.3 Å². The minimum Gasteiger partial charge on any atom is -0.490 e. The number of aromatic nitrogens is 2. The van der Waals surface area contributed by atoms with Gasteiger partial charge in [-0.3, -0.25) is 0 Å². The second-order valence-electron chi connectivity index (χ2n) is 4.05. The molecule has 0 atom stereocenters. The molecule has 0 aliphatic rings. The Morgan fingerprint density at radius 1 is 1.16 bits per heavy atom. The van der Waals surface area contributed by atoms with Crippen LogP contribution >= 0.6 is 0 Å². The van der Waals surface area contributed by atoms with Crippen molar-refractivity contribution in [2.75, 3.05) is 20.2 Å². The first-order valence-electron chi connectivity index (χ1n) is 6.15. The lowest BCUT2D eigenvalue weighted by Gasteiger charge is -2.06. The number of hydrogen-bond acceptors (Lipinski definition) is 4. The summed E-state index contributed by atoms with van der Waals surface area (Å²) in [5.74, 6) is 0.928. The van der Waals surface area contributed by atoms with Gasteiger partial charge in [0.05, 0.1) is 19.0 Å². The van der Waals surface area contributed by atoms with Crippen LogP contribution < -0.4 is 10.1 Å². The highest BCUT2D eigenvalue weighted by Gasteiger charge is 2.02. The molecule has 5 heteroatoms. The number of ether oxygens (including phenoxy) is 1. The standard InChI is InChI=1S/C14H16FN3O/c1-16-7-2-8-19-13-9-17-14(18-10-13)11-3-5-12(15)6-4-11/h3-6,9-10,16H,2,7-8H2,1H3. The van der Waals surface area contributed by atoms with Crippen LogP contribution in [0.5, 0.6) is 5.75 Å². The van der Waals surface area contributed by atoms with Crippen LogP contribution in [0.2, 0.25) is 0 Å². The third-order valence-electron chi connectivity index (χ3n) is 2.57. The maximum atomic E-state index is 12.8. The maximum Gasteiger partial charge on any atom is 0.159 e. The first-order chi connectivity index (χ1) is 9.29. The molecule has 1 aromatic heterocycles. The summed E-state index contributed by atoms with van der Waals surface area (Å²) in [4.78, 5) is 8.41. The summed E-state index contributed by atoms with van der Waals surface area (Å²) in [7, 11) is 1.90. The summed E-state index contributed by atoms with van der Waals surface area (Å²) < 4.78 is 18.3. The maximum absolute atomic E-state index is 12.8. The Bertz CT molecular complexity index is 499. The number of hydrogen-bond donors (Lipinski definition) is 1. The van der Waals surface area contributed by atoms with E-state index in [-0.39, 0.29) is 5.82 Å². The molecule has 0 saturated carbocycles. The topological polar surface area (TPSA) is 47.0 Å². The molecule has 4 nitrogen and oxygen atoms in total. The highest BCUT2D eigenvalue weighted by molar-refractivity contribution is 5.54. The molecule has 2 rings (SSSR count). The Kier molecular flexibility index (Phi) is 4.80. The van der Waals surface area contributed by atoms with Crippen LogP contribution in [-0.2, 0) is 0 Å². The molecule has 0 spiro atoms. The van der Waals surface area contributed by atoms with Gasteiger partial charge in [-0.15, -0.1) is 0 Å². The molecule has 0 fully saturated rings. The molecule has 0 bridgehead atoms. The van der Waals surface area contributed by atoms with Gasteiger partial charge in [0.2, 0.25) is 0 Å². The Morgan fingerprint density at radius 3 is 2.47 bits per heavy atom. The van der Waals surface area contributed by atoms with Crippen LogP contribution in [0.3, 0.4) is 0 Å². The van der Waals surface area contributed by atoms with Crippen molar-refractivity contribution >= 4 is 0 Å². The Labute approximate surface area is 111 Å². The van der Waals surface area contributed by atoms with Gasteiger partial charge in [0, 0.05) is 5.56 Å². The van der Waals surface area contributed by atoms with Crippen molar-refractivity contribution in [3.63, 3.8) is 0 Å². The molecule has 0 amide bonds. The van der Waals surface area contributed by atoms with E-state index in [1.165, 1.54) is 12.1 Å². The number of nitrogens with zero attached hydrogens (tertiary/aromatic N) is 2. The van der Waals surface area contributed by atoms with Crippen molar-refractivity contribution in [3.05, 3.63) is 42.5 Å². The third kappa shape index (κ3) is 3.99. The van der Waals surface area contributed by atoms with Gasteiger partial charge in [-0.25, -0.2) is 14.4 Å². The Hall–Kier alpha value is -2.01. The van der Waals surface area contributed by atoms with Gasteiger partial charge in [-0.1, -0.05) is 0 Å². The lowest BCUT2D eigenvalue weighted by molar-refractivity contribution is 0.307. The summed E-state index contributed by atoms with van der Waals surface area (Å²) in [5.41, 5.74) is 0.781. The largest absolute Gasteiger partial charge is 0.490 e. The van der Waals surface area contributed by atoms with Crippen LogP contribution in [0.25, 0.3) is 11.4 Å². The second kappa shape index (κ2) is 6.80. The van der Waals surface area contributed by atoms with Crippen molar-refractivity contribution in [2.24, 2.45) is 0 Å². The molecule has 0 radical (unpaired) electrons. The van der Waals surface area contributed by atoms with E-state index >= 15 is 0 Å². The zero-order valence-electron chi connectivity index (χ0n) is 10.8. The van der Waals surface area contributed by atoms with Crippen LogP contribution in [0, 0.1) is 5.82 Å². The normalized spacial score (nSPS) is 10.4. The molecule has 19 heavy (non-hydrogen) atoms. The molecule has 1 heterocycles. The molecule has 0 saturated heterocycles. The minimum absolute atomic E-state index is 0.270. The van der Waals surface area contributed by atoms with E-state index < -0.39 is 0 Å². The first kappa shape index (κ1) is 13.4. The lowest BCUT2D eigenvalue weighted by Crippen LogP contribution is -2.11. The quantitative estimate of drug-likeness (QED) is 0.810. The molecule has 1 aromatic carbocycles. The minimum atomic E-state index is -0.270. The third-order valence-corrected chi connectivity index (χ3v) is 2.57. The molecule has 0 aliphatic carbocycles. The predicted molar refractivity (Wildman–Crippen MR) is 71.5 cm³/mol. The number of rotatable bonds is 6. The van der Waals surface area contributed by atoms with E-state index in [4.69, 9.17) is 4.74 Å². The van der Waals surface area contributed by atoms with Crippen LogP contribution in [0.15, 0.2) is 36.7 Å². The van der Waals surface area contributed by atoms with Crippen molar-refractivity contribution < 1.29 is 9.13 Å². The summed E-state index contributed by atoms with van der Waals surface area (Å²) >= 11 is 0. The second-order valence-corrected chi connectivity index (χ2v) is 4.05. The van der Waals surface area contributed by atoms with Crippen LogP contribution in [0.4, 0.5) is 4.39 Å². The highest BCUT2D eigenvalue weighted by Crippen LogP contribution is 2.16. The average Bonchev–Trinajstić information content (AvgIpc) is 2.45. The van der Waals surface area contributed by atoms with Gasteiger partial charge in [0.25, 0.3) is 0 Å². The van der Waals surface area contributed by atoms with Crippen molar-refractivity contribution in [2.45, 2.75) is 6.42 Å². The van der Waals surface area contributed by atoms with Gasteiger partial charge < -0.3 is 10.1 Å². The van der Waals surface area contributed by atoms with Gasteiger partial charge in [-0.2, -0.15) is 0 Å².